The summed E-state index contributed by atoms with van der Waals surface area (Å²) in [6.07, 6.45) is -2.67. The lowest BCUT2D eigenvalue weighted by Crippen LogP contribution is -2.15. The second kappa shape index (κ2) is 10.1. The molecule has 0 radical (unpaired) electrons. The largest absolute Gasteiger partial charge is 0.469 e. The molecule has 0 amide bonds. The van der Waals surface area contributed by atoms with Gasteiger partial charge in [0, 0.05) is 10.4 Å². The van der Waals surface area contributed by atoms with E-state index in [1.807, 2.05) is 32.0 Å². The van der Waals surface area contributed by atoms with Crippen molar-refractivity contribution in [2.45, 2.75) is 57.7 Å². The third-order valence-electron chi connectivity index (χ3n) is 6.46. The van der Waals surface area contributed by atoms with Crippen molar-refractivity contribution in [1.29, 1.82) is 0 Å². The molecule has 2 aromatic carbocycles. The van der Waals surface area contributed by atoms with Crippen LogP contribution in [-0.4, -0.2) is 23.2 Å². The van der Waals surface area contributed by atoms with E-state index in [0.717, 1.165) is 39.4 Å². The van der Waals surface area contributed by atoms with E-state index >= 15 is 0 Å². The number of carbonyl (C=O) groups is 1. The number of nitrogens with zero attached hydrogens (tertiary/aromatic N) is 1. The number of methoxy groups -OCH3 is 1. The van der Waals surface area contributed by atoms with Crippen LogP contribution in [0.1, 0.15) is 65.1 Å². The van der Waals surface area contributed by atoms with Crippen LogP contribution in [0, 0.1) is 5.92 Å². The van der Waals surface area contributed by atoms with Gasteiger partial charge in [0.2, 0.25) is 0 Å². The number of fused-ring (bicyclic) bond motifs is 1. The summed E-state index contributed by atoms with van der Waals surface area (Å²) in [6.45, 7) is 4.06. The van der Waals surface area contributed by atoms with Crippen molar-refractivity contribution in [1.82, 2.24) is 4.98 Å². The second-order valence-corrected chi connectivity index (χ2v) is 10.4. The van der Waals surface area contributed by atoms with Gasteiger partial charge in [-0.05, 0) is 60.4 Å². The molecule has 0 saturated carbocycles. The molecule has 1 aliphatic carbocycles. The molecule has 0 aliphatic heterocycles. The fourth-order valence-corrected chi connectivity index (χ4v) is 5.77. The van der Waals surface area contributed by atoms with Gasteiger partial charge in [-0.15, -0.1) is 11.3 Å². The Labute approximate surface area is 206 Å². The predicted molar refractivity (Wildman–Crippen MR) is 129 cm³/mol. The summed E-state index contributed by atoms with van der Waals surface area (Å²) < 4.78 is 43.6. The Kier molecular flexibility index (Phi) is 7.33. The summed E-state index contributed by atoms with van der Waals surface area (Å²) >= 11 is 1.46. The fourth-order valence-electron chi connectivity index (χ4n) is 4.53. The van der Waals surface area contributed by atoms with E-state index in [1.54, 1.807) is 0 Å². The quantitative estimate of drug-likeness (QED) is 0.374. The number of aliphatic hydroxyl groups excluding tert-OH is 1. The summed E-state index contributed by atoms with van der Waals surface area (Å²) in [5.74, 6) is -0.229. The minimum absolute atomic E-state index is 0.150. The number of aryl methyl sites for hydroxylation is 1. The number of benzene rings is 2. The average Bonchev–Trinajstić information content (AvgIpc) is 3.45. The molecule has 1 aromatic heterocycles. The number of alkyl halides is 3. The summed E-state index contributed by atoms with van der Waals surface area (Å²) in [5.41, 5.74) is 3.87. The normalized spacial score (nSPS) is 16.4. The molecule has 3 aromatic rings. The molecule has 0 bridgehead atoms. The molecule has 1 N–H and O–H groups in total. The molecule has 0 spiro atoms. The van der Waals surface area contributed by atoms with Gasteiger partial charge >= 0.3 is 12.1 Å². The first-order valence-electron chi connectivity index (χ1n) is 11.6. The van der Waals surface area contributed by atoms with Crippen LogP contribution >= 0.6 is 11.3 Å². The fraction of sp³-hybridized carbons (Fsp3) is 0.407. The number of ether oxygens (including phenoxy) is 1. The number of aromatic nitrogens is 1. The number of hydrogen-bond donors (Lipinski definition) is 1. The molecule has 8 heteroatoms. The van der Waals surface area contributed by atoms with Crippen molar-refractivity contribution >= 4 is 17.3 Å². The van der Waals surface area contributed by atoms with E-state index in [4.69, 9.17) is 9.72 Å². The van der Waals surface area contributed by atoms with Crippen molar-refractivity contribution in [2.75, 3.05) is 7.11 Å². The maximum absolute atomic E-state index is 12.9. The standard InChI is InChI=1S/C27H28F3NO3S/c1-15(2)24-23(35-25(31-24)16-6-8-21(9-7-16)27(28,29)30)11-10-22(32)18-5-4-17-12-20(26(33)34-3)14-19(17)13-18/h4-9,13,15,20,22,32H,10-12,14H2,1-3H3. The van der Waals surface area contributed by atoms with E-state index < -0.39 is 17.8 Å². The SMILES string of the molecule is COC(=O)C1Cc2ccc(C(O)CCc3sc(-c4ccc(C(F)(F)F)cc4)nc3C(C)C)cc2C1. The Bertz CT molecular complexity index is 1200. The van der Waals surface area contributed by atoms with E-state index in [9.17, 15) is 23.1 Å². The van der Waals surface area contributed by atoms with Crippen molar-refractivity contribution in [3.8, 4) is 10.6 Å². The summed E-state index contributed by atoms with van der Waals surface area (Å²) in [4.78, 5) is 17.6. The van der Waals surface area contributed by atoms with Crippen LogP contribution in [0.5, 0.6) is 0 Å². The highest BCUT2D eigenvalue weighted by molar-refractivity contribution is 7.15. The van der Waals surface area contributed by atoms with Crippen molar-refractivity contribution in [3.63, 3.8) is 0 Å². The molecule has 4 nitrogen and oxygen atoms in total. The third-order valence-corrected chi connectivity index (χ3v) is 7.64. The van der Waals surface area contributed by atoms with Gasteiger partial charge in [-0.1, -0.05) is 44.2 Å². The van der Waals surface area contributed by atoms with E-state index in [1.165, 1.54) is 30.6 Å². The highest BCUT2D eigenvalue weighted by atomic mass is 32.1. The number of esters is 1. The van der Waals surface area contributed by atoms with Crippen LogP contribution in [-0.2, 0) is 35.0 Å². The number of halogens is 3. The lowest BCUT2D eigenvalue weighted by atomic mass is 9.98. The van der Waals surface area contributed by atoms with Gasteiger partial charge in [-0.3, -0.25) is 4.79 Å². The van der Waals surface area contributed by atoms with Gasteiger partial charge in [0.25, 0.3) is 0 Å². The topological polar surface area (TPSA) is 59.4 Å². The monoisotopic (exact) mass is 503 g/mol. The number of aliphatic hydroxyl groups is 1. The Morgan fingerprint density at radius 3 is 2.46 bits per heavy atom. The van der Waals surface area contributed by atoms with Gasteiger partial charge in [0.15, 0.2) is 0 Å². The average molecular weight is 504 g/mol. The Hall–Kier alpha value is -2.71. The van der Waals surface area contributed by atoms with Crippen molar-refractivity contribution in [2.24, 2.45) is 5.92 Å². The highest BCUT2D eigenvalue weighted by Gasteiger charge is 2.30. The molecule has 2 atom stereocenters. The number of rotatable bonds is 7. The number of carbonyl (C=O) groups excluding carboxylic acids is 1. The number of hydrogen-bond acceptors (Lipinski definition) is 5. The maximum Gasteiger partial charge on any atom is 0.416 e. The highest BCUT2D eigenvalue weighted by Crippen LogP contribution is 2.36. The zero-order chi connectivity index (χ0) is 25.3. The lowest BCUT2D eigenvalue weighted by Gasteiger charge is -2.13. The first-order valence-corrected chi connectivity index (χ1v) is 12.4. The molecule has 4 rings (SSSR count). The summed E-state index contributed by atoms with van der Waals surface area (Å²) in [7, 11) is 1.40. The maximum atomic E-state index is 12.9. The first kappa shape index (κ1) is 25.4. The summed E-state index contributed by atoms with van der Waals surface area (Å²) in [5, 5.41) is 11.6. The smallest absolute Gasteiger partial charge is 0.416 e. The van der Waals surface area contributed by atoms with E-state index in [2.05, 4.69) is 0 Å². The summed E-state index contributed by atoms with van der Waals surface area (Å²) in [6, 6.07) is 10.9. The number of thiazole rings is 1. The molecule has 2 unspecified atom stereocenters. The van der Waals surface area contributed by atoms with Gasteiger partial charge in [0.1, 0.15) is 5.01 Å². The zero-order valence-electron chi connectivity index (χ0n) is 19.9. The van der Waals surface area contributed by atoms with Gasteiger partial charge in [-0.25, -0.2) is 4.98 Å². The molecular formula is C27H28F3NO3S. The van der Waals surface area contributed by atoms with Crippen LogP contribution in [0.4, 0.5) is 13.2 Å². The van der Waals surface area contributed by atoms with Gasteiger partial charge in [0.05, 0.1) is 30.4 Å². The molecule has 186 valence electrons. The molecule has 0 fully saturated rings. The van der Waals surface area contributed by atoms with Gasteiger partial charge < -0.3 is 9.84 Å². The minimum atomic E-state index is -4.37. The van der Waals surface area contributed by atoms with Crippen molar-refractivity contribution < 1.29 is 27.8 Å². The third kappa shape index (κ3) is 5.59. The van der Waals surface area contributed by atoms with Crippen LogP contribution in [0.3, 0.4) is 0 Å². The van der Waals surface area contributed by atoms with Crippen molar-refractivity contribution in [3.05, 3.63) is 75.3 Å². The van der Waals surface area contributed by atoms with Crippen LogP contribution < -0.4 is 0 Å². The lowest BCUT2D eigenvalue weighted by molar-refractivity contribution is -0.145. The van der Waals surface area contributed by atoms with Crippen LogP contribution in [0.25, 0.3) is 10.6 Å². The van der Waals surface area contributed by atoms with Crippen LogP contribution in [0.2, 0.25) is 0 Å². The molecule has 1 aliphatic rings. The van der Waals surface area contributed by atoms with Crippen LogP contribution in [0.15, 0.2) is 42.5 Å². The Morgan fingerprint density at radius 1 is 1.14 bits per heavy atom. The second-order valence-electron chi connectivity index (χ2n) is 9.27. The first-order chi connectivity index (χ1) is 16.6. The molecule has 1 heterocycles. The minimum Gasteiger partial charge on any atom is -0.469 e. The zero-order valence-corrected chi connectivity index (χ0v) is 20.7. The van der Waals surface area contributed by atoms with Gasteiger partial charge in [-0.2, -0.15) is 13.2 Å². The Balaban J connectivity index is 1.47. The van der Waals surface area contributed by atoms with E-state index in [-0.39, 0.29) is 17.8 Å². The molecule has 0 saturated heterocycles. The Morgan fingerprint density at radius 2 is 1.83 bits per heavy atom. The molecule has 35 heavy (non-hydrogen) atoms. The van der Waals surface area contributed by atoms with E-state index in [0.29, 0.717) is 36.3 Å². The molecular weight excluding hydrogens is 475 g/mol. The predicted octanol–water partition coefficient (Wildman–Crippen LogP) is 6.51.